The lowest BCUT2D eigenvalue weighted by Gasteiger charge is -2.29. The first-order valence-electron chi connectivity index (χ1n) is 6.16. The monoisotopic (exact) mass is 266 g/mol. The lowest BCUT2D eigenvalue weighted by Crippen LogP contribution is -2.31. The summed E-state index contributed by atoms with van der Waals surface area (Å²) in [6.45, 7) is 7.26. The highest BCUT2D eigenvalue weighted by Gasteiger charge is 2.31. The van der Waals surface area contributed by atoms with Gasteiger partial charge in [-0.1, -0.05) is 18.2 Å². The summed E-state index contributed by atoms with van der Waals surface area (Å²) in [4.78, 5) is 12.2. The van der Waals surface area contributed by atoms with Crippen molar-refractivity contribution in [3.63, 3.8) is 0 Å². The van der Waals surface area contributed by atoms with Gasteiger partial charge in [0.15, 0.2) is 5.79 Å². The topological polar surface area (TPSA) is 44.8 Å². The minimum absolute atomic E-state index is 0.386. The molecule has 4 nitrogen and oxygen atoms in total. The Hall–Kier alpha value is -1.39. The van der Waals surface area contributed by atoms with Crippen molar-refractivity contribution in [1.82, 2.24) is 0 Å². The molecule has 0 saturated carbocycles. The van der Waals surface area contributed by atoms with Crippen LogP contribution < -0.4 is 0 Å². The molecule has 0 bridgehead atoms. The van der Waals surface area contributed by atoms with E-state index in [2.05, 4.69) is 0 Å². The van der Waals surface area contributed by atoms with Crippen molar-refractivity contribution < 1.29 is 19.0 Å². The van der Waals surface area contributed by atoms with E-state index in [0.717, 1.165) is 0 Å². The number of hydrogen-bond acceptors (Lipinski definition) is 4. The van der Waals surface area contributed by atoms with Crippen LogP contribution in [0.2, 0.25) is 0 Å². The molecule has 0 aliphatic rings. The Kier molecular flexibility index (Phi) is 4.71. The van der Waals surface area contributed by atoms with E-state index < -0.39 is 11.4 Å². The second-order valence-corrected chi connectivity index (χ2v) is 5.40. The van der Waals surface area contributed by atoms with E-state index in [1.54, 1.807) is 25.1 Å². The van der Waals surface area contributed by atoms with Crippen molar-refractivity contribution in [2.45, 2.75) is 39.1 Å². The molecule has 0 saturated heterocycles. The summed E-state index contributed by atoms with van der Waals surface area (Å²) in [6, 6.07) is 7.12. The van der Waals surface area contributed by atoms with Gasteiger partial charge in [-0.3, -0.25) is 0 Å². The van der Waals surface area contributed by atoms with Crippen LogP contribution in [0.25, 0.3) is 0 Å². The average Bonchev–Trinajstić information content (AvgIpc) is 2.36. The highest BCUT2D eigenvalue weighted by molar-refractivity contribution is 5.91. The summed E-state index contributed by atoms with van der Waals surface area (Å²) in [5.74, 6) is -1.36. The van der Waals surface area contributed by atoms with Gasteiger partial charge in [-0.15, -0.1) is 0 Å². The summed E-state index contributed by atoms with van der Waals surface area (Å²) >= 11 is 0. The summed E-state index contributed by atoms with van der Waals surface area (Å²) in [7, 11) is 3.07. The first-order chi connectivity index (χ1) is 8.73. The molecule has 0 heterocycles. The van der Waals surface area contributed by atoms with Crippen LogP contribution in [-0.2, 0) is 20.0 Å². The molecule has 4 heteroatoms. The lowest BCUT2D eigenvalue weighted by molar-refractivity contribution is -0.202. The van der Waals surface area contributed by atoms with Gasteiger partial charge in [-0.2, -0.15) is 0 Å². The van der Waals surface area contributed by atoms with E-state index in [4.69, 9.17) is 14.2 Å². The molecule has 106 valence electrons. The molecule has 0 aromatic heterocycles. The largest absolute Gasteiger partial charge is 0.456 e. The predicted octanol–water partition coefficient (Wildman–Crippen LogP) is 3.11. The van der Waals surface area contributed by atoms with Crippen LogP contribution in [-0.4, -0.2) is 25.8 Å². The predicted molar refractivity (Wildman–Crippen MR) is 73.0 cm³/mol. The molecule has 0 amide bonds. The van der Waals surface area contributed by atoms with Gasteiger partial charge in [0.2, 0.25) is 0 Å². The van der Waals surface area contributed by atoms with Crippen LogP contribution in [0.15, 0.2) is 24.3 Å². The maximum absolute atomic E-state index is 12.2. The van der Waals surface area contributed by atoms with E-state index in [-0.39, 0.29) is 5.97 Å². The Morgan fingerprint density at radius 1 is 1.00 bits per heavy atom. The van der Waals surface area contributed by atoms with Gasteiger partial charge >= 0.3 is 5.97 Å². The Morgan fingerprint density at radius 2 is 1.53 bits per heavy atom. The SMILES string of the molecule is COC(C)(OC)c1ccccc1C(=O)OC(C)(C)C. The summed E-state index contributed by atoms with van der Waals surface area (Å²) < 4.78 is 16.1. The second-order valence-electron chi connectivity index (χ2n) is 5.40. The van der Waals surface area contributed by atoms with Gasteiger partial charge in [0, 0.05) is 19.8 Å². The van der Waals surface area contributed by atoms with E-state index in [1.165, 1.54) is 14.2 Å². The first-order valence-corrected chi connectivity index (χ1v) is 6.16. The van der Waals surface area contributed by atoms with E-state index in [9.17, 15) is 4.79 Å². The fourth-order valence-corrected chi connectivity index (χ4v) is 1.69. The van der Waals surface area contributed by atoms with Crippen molar-refractivity contribution >= 4 is 5.97 Å². The molecule has 1 aromatic carbocycles. The highest BCUT2D eigenvalue weighted by Crippen LogP contribution is 2.29. The fraction of sp³-hybridized carbons (Fsp3) is 0.533. The number of carbonyl (C=O) groups is 1. The van der Waals surface area contributed by atoms with Crippen molar-refractivity contribution in [3.8, 4) is 0 Å². The van der Waals surface area contributed by atoms with Crippen molar-refractivity contribution in [1.29, 1.82) is 0 Å². The average molecular weight is 266 g/mol. The third kappa shape index (κ3) is 3.78. The molecule has 0 aliphatic heterocycles. The smallest absolute Gasteiger partial charge is 0.339 e. The van der Waals surface area contributed by atoms with E-state index in [0.29, 0.717) is 11.1 Å². The Morgan fingerprint density at radius 3 is 2.00 bits per heavy atom. The Balaban J connectivity index is 3.20. The summed E-state index contributed by atoms with van der Waals surface area (Å²) in [5, 5.41) is 0. The molecule has 0 N–H and O–H groups in total. The fourth-order valence-electron chi connectivity index (χ4n) is 1.69. The third-order valence-electron chi connectivity index (χ3n) is 2.81. The number of rotatable bonds is 4. The van der Waals surface area contributed by atoms with Gasteiger partial charge in [-0.25, -0.2) is 4.79 Å². The van der Waals surface area contributed by atoms with Crippen LogP contribution >= 0.6 is 0 Å². The number of esters is 1. The maximum Gasteiger partial charge on any atom is 0.339 e. The van der Waals surface area contributed by atoms with Gasteiger partial charge < -0.3 is 14.2 Å². The number of carbonyl (C=O) groups excluding carboxylic acids is 1. The van der Waals surface area contributed by atoms with Crippen molar-refractivity contribution in [3.05, 3.63) is 35.4 Å². The summed E-state index contributed by atoms with van der Waals surface area (Å²) in [5.41, 5.74) is 0.554. The molecule has 0 fully saturated rings. The van der Waals surface area contributed by atoms with Crippen molar-refractivity contribution in [2.24, 2.45) is 0 Å². The molecule has 0 atom stereocenters. The van der Waals surface area contributed by atoms with Gasteiger partial charge in [0.1, 0.15) is 5.60 Å². The zero-order valence-corrected chi connectivity index (χ0v) is 12.4. The van der Waals surface area contributed by atoms with Crippen LogP contribution in [0, 0.1) is 0 Å². The highest BCUT2D eigenvalue weighted by atomic mass is 16.7. The molecule has 1 rings (SSSR count). The third-order valence-corrected chi connectivity index (χ3v) is 2.81. The van der Waals surface area contributed by atoms with Crippen molar-refractivity contribution in [2.75, 3.05) is 14.2 Å². The number of benzene rings is 1. The molecule has 1 aromatic rings. The van der Waals surface area contributed by atoms with Crippen LogP contribution in [0.5, 0.6) is 0 Å². The van der Waals surface area contributed by atoms with Crippen LogP contribution in [0.1, 0.15) is 43.6 Å². The number of methoxy groups -OCH3 is 2. The first kappa shape index (κ1) is 15.7. The standard InChI is InChI=1S/C15H22O4/c1-14(2,3)19-13(16)11-9-7-8-10-12(11)15(4,17-5)18-6/h7-10H,1-6H3. The molecule has 0 spiro atoms. The maximum atomic E-state index is 12.2. The van der Waals surface area contributed by atoms with Gasteiger partial charge in [0.05, 0.1) is 5.56 Å². The zero-order valence-electron chi connectivity index (χ0n) is 12.4. The quantitative estimate of drug-likeness (QED) is 0.620. The molecule has 0 radical (unpaired) electrons. The Labute approximate surface area is 114 Å². The normalized spacial score (nSPS) is 12.3. The number of hydrogen-bond donors (Lipinski definition) is 0. The summed E-state index contributed by atoms with van der Waals surface area (Å²) in [6.07, 6.45) is 0. The molecular formula is C15H22O4. The molecule has 19 heavy (non-hydrogen) atoms. The van der Waals surface area contributed by atoms with Gasteiger partial charge in [-0.05, 0) is 33.8 Å². The minimum Gasteiger partial charge on any atom is -0.456 e. The lowest BCUT2D eigenvalue weighted by atomic mass is 10.00. The van der Waals surface area contributed by atoms with Gasteiger partial charge in [0.25, 0.3) is 0 Å². The molecular weight excluding hydrogens is 244 g/mol. The Bertz CT molecular complexity index is 442. The minimum atomic E-state index is -0.979. The molecule has 0 unspecified atom stereocenters. The van der Waals surface area contributed by atoms with E-state index in [1.807, 2.05) is 26.8 Å². The molecule has 0 aliphatic carbocycles. The second kappa shape index (κ2) is 5.72. The van der Waals surface area contributed by atoms with Crippen LogP contribution in [0.3, 0.4) is 0 Å². The zero-order chi connectivity index (χ0) is 14.7. The van der Waals surface area contributed by atoms with E-state index >= 15 is 0 Å². The number of ether oxygens (including phenoxy) is 3. The van der Waals surface area contributed by atoms with Crippen LogP contribution in [0.4, 0.5) is 0 Å².